The monoisotopic (exact) mass is 277 g/mol. The first-order valence-corrected chi connectivity index (χ1v) is 7.17. The van der Waals surface area contributed by atoms with Crippen LogP contribution in [-0.4, -0.2) is 29.9 Å². The number of rotatable bonds is 1. The summed E-state index contributed by atoms with van der Waals surface area (Å²) in [4.78, 5) is 21.0. The Kier molecular flexibility index (Phi) is 2.74. The van der Waals surface area contributed by atoms with Crippen LogP contribution in [0.25, 0.3) is 0 Å². The van der Waals surface area contributed by atoms with E-state index in [1.165, 1.54) is 0 Å². The van der Waals surface area contributed by atoms with Crippen LogP contribution in [0.15, 0.2) is 59.6 Å². The lowest BCUT2D eigenvalue weighted by atomic mass is 10.0. The van der Waals surface area contributed by atoms with Crippen molar-refractivity contribution in [3.63, 3.8) is 0 Å². The summed E-state index contributed by atoms with van der Waals surface area (Å²) in [7, 11) is 0. The van der Waals surface area contributed by atoms with Crippen LogP contribution in [0.5, 0.6) is 0 Å². The summed E-state index contributed by atoms with van der Waals surface area (Å²) >= 11 is 0. The minimum Gasteiger partial charge on any atom is -0.277 e. The molecule has 2 aliphatic heterocycles. The fourth-order valence-electron chi connectivity index (χ4n) is 2.93. The van der Waals surface area contributed by atoms with Crippen molar-refractivity contribution in [1.29, 1.82) is 0 Å². The number of benzene rings is 2. The van der Waals surface area contributed by atoms with Crippen LogP contribution in [0.2, 0.25) is 0 Å². The lowest BCUT2D eigenvalue weighted by molar-refractivity contribution is 0.227. The van der Waals surface area contributed by atoms with Gasteiger partial charge in [-0.15, -0.1) is 0 Å². The van der Waals surface area contributed by atoms with E-state index >= 15 is 0 Å². The Hall–Kier alpha value is -2.62. The van der Waals surface area contributed by atoms with Crippen molar-refractivity contribution < 1.29 is 4.79 Å². The first-order valence-electron chi connectivity index (χ1n) is 7.17. The Balaban J connectivity index is 1.94. The molecule has 2 amide bonds. The lowest BCUT2D eigenvalue weighted by Crippen LogP contribution is -2.51. The Morgan fingerprint density at radius 2 is 1.71 bits per heavy atom. The second-order valence-electron chi connectivity index (χ2n) is 5.18. The molecular formula is C17H15N3O. The molecule has 0 radical (unpaired) electrons. The highest BCUT2D eigenvalue weighted by molar-refractivity contribution is 6.21. The van der Waals surface area contributed by atoms with Crippen LogP contribution >= 0.6 is 0 Å². The topological polar surface area (TPSA) is 35.9 Å². The molecule has 0 atom stereocenters. The van der Waals surface area contributed by atoms with Crippen molar-refractivity contribution >= 4 is 23.2 Å². The van der Waals surface area contributed by atoms with Crippen LogP contribution in [0.1, 0.15) is 12.0 Å². The Labute approximate surface area is 123 Å². The van der Waals surface area contributed by atoms with Crippen molar-refractivity contribution in [1.82, 2.24) is 4.90 Å². The van der Waals surface area contributed by atoms with Gasteiger partial charge < -0.3 is 0 Å². The fourth-order valence-corrected chi connectivity index (χ4v) is 2.93. The van der Waals surface area contributed by atoms with E-state index < -0.39 is 0 Å². The van der Waals surface area contributed by atoms with Crippen LogP contribution < -0.4 is 4.90 Å². The van der Waals surface area contributed by atoms with E-state index in [4.69, 9.17) is 0 Å². The smallest absolute Gasteiger partial charge is 0.277 e. The molecule has 21 heavy (non-hydrogen) atoms. The van der Waals surface area contributed by atoms with E-state index in [9.17, 15) is 4.79 Å². The number of para-hydroxylation sites is 2. The van der Waals surface area contributed by atoms with Gasteiger partial charge in [-0.3, -0.25) is 14.8 Å². The van der Waals surface area contributed by atoms with Gasteiger partial charge in [0, 0.05) is 18.7 Å². The summed E-state index contributed by atoms with van der Waals surface area (Å²) in [5, 5.41) is 0. The Morgan fingerprint density at radius 1 is 0.952 bits per heavy atom. The molecule has 0 spiro atoms. The molecule has 0 saturated carbocycles. The average molecular weight is 277 g/mol. The normalized spacial score (nSPS) is 17.1. The van der Waals surface area contributed by atoms with E-state index in [1.807, 2.05) is 54.6 Å². The van der Waals surface area contributed by atoms with Crippen molar-refractivity contribution in [2.75, 3.05) is 18.0 Å². The molecule has 2 aliphatic rings. The molecule has 2 heterocycles. The Bertz CT molecular complexity index is 724. The highest BCUT2D eigenvalue weighted by Crippen LogP contribution is 2.35. The molecule has 4 nitrogen and oxygen atoms in total. The number of aliphatic imine (C=N–C) groups is 1. The molecule has 104 valence electrons. The van der Waals surface area contributed by atoms with E-state index in [-0.39, 0.29) is 6.03 Å². The minimum absolute atomic E-state index is 0.0154. The summed E-state index contributed by atoms with van der Waals surface area (Å²) < 4.78 is 0. The fraction of sp³-hybridized carbons (Fsp3) is 0.176. The van der Waals surface area contributed by atoms with E-state index in [2.05, 4.69) is 4.99 Å². The summed E-state index contributed by atoms with van der Waals surface area (Å²) in [6, 6.07) is 17.7. The quantitative estimate of drug-likeness (QED) is 0.786. The van der Waals surface area contributed by atoms with Crippen LogP contribution in [0, 0.1) is 0 Å². The molecule has 0 N–H and O–H groups in total. The summed E-state index contributed by atoms with van der Waals surface area (Å²) in [5.41, 5.74) is 2.82. The molecule has 0 fully saturated rings. The van der Waals surface area contributed by atoms with Crippen molar-refractivity contribution in [3.05, 3.63) is 60.2 Å². The first kappa shape index (κ1) is 12.1. The van der Waals surface area contributed by atoms with Crippen LogP contribution in [-0.2, 0) is 0 Å². The Morgan fingerprint density at radius 3 is 2.57 bits per heavy atom. The summed E-state index contributed by atoms with van der Waals surface area (Å²) in [6.07, 6.45) is 0.917. The third-order valence-electron chi connectivity index (χ3n) is 3.88. The molecule has 0 aliphatic carbocycles. The van der Waals surface area contributed by atoms with Gasteiger partial charge in [0.1, 0.15) is 5.84 Å². The van der Waals surface area contributed by atoms with Crippen molar-refractivity contribution in [2.24, 2.45) is 4.99 Å². The van der Waals surface area contributed by atoms with Gasteiger partial charge in [-0.1, -0.05) is 30.3 Å². The van der Waals surface area contributed by atoms with E-state index in [1.54, 1.807) is 9.80 Å². The largest absolute Gasteiger partial charge is 0.334 e. The predicted molar refractivity (Wildman–Crippen MR) is 83.1 cm³/mol. The highest BCUT2D eigenvalue weighted by Gasteiger charge is 2.36. The van der Waals surface area contributed by atoms with Crippen LogP contribution in [0.3, 0.4) is 0 Å². The molecule has 2 aromatic carbocycles. The number of amides is 2. The van der Waals surface area contributed by atoms with Gasteiger partial charge >= 0.3 is 6.03 Å². The standard InChI is InChI=1S/C17H15N3O/c21-17-19-12-6-11-18-16(19)14-9-4-5-10-15(14)20(17)13-7-2-1-3-8-13/h1-5,7-10H,6,11-12H2. The zero-order valence-corrected chi connectivity index (χ0v) is 11.6. The van der Waals surface area contributed by atoms with Gasteiger partial charge in [0.05, 0.1) is 11.4 Å². The third kappa shape index (κ3) is 1.83. The maximum Gasteiger partial charge on any atom is 0.334 e. The van der Waals surface area contributed by atoms with Gasteiger partial charge in [0.15, 0.2) is 0 Å². The third-order valence-corrected chi connectivity index (χ3v) is 3.88. The minimum atomic E-state index is -0.0154. The predicted octanol–water partition coefficient (Wildman–Crippen LogP) is 3.41. The van der Waals surface area contributed by atoms with Gasteiger partial charge in [0.2, 0.25) is 0 Å². The molecule has 4 heteroatoms. The molecule has 0 aromatic heterocycles. The second-order valence-corrected chi connectivity index (χ2v) is 5.18. The molecule has 2 aromatic rings. The number of fused-ring (bicyclic) bond motifs is 3. The van der Waals surface area contributed by atoms with Crippen molar-refractivity contribution in [2.45, 2.75) is 6.42 Å². The summed E-state index contributed by atoms with van der Waals surface area (Å²) in [6.45, 7) is 1.52. The maximum atomic E-state index is 12.9. The number of nitrogens with zero attached hydrogens (tertiary/aromatic N) is 3. The number of anilines is 2. The van der Waals surface area contributed by atoms with Crippen LogP contribution in [0.4, 0.5) is 16.2 Å². The first-order chi connectivity index (χ1) is 10.4. The SMILES string of the molecule is O=C1N2CCCN=C2c2ccccc2N1c1ccccc1. The zero-order valence-electron chi connectivity index (χ0n) is 11.6. The molecule has 0 bridgehead atoms. The molecule has 0 saturated heterocycles. The average Bonchev–Trinajstić information content (AvgIpc) is 2.56. The number of urea groups is 1. The molecule has 0 unspecified atom stereocenters. The highest BCUT2D eigenvalue weighted by atomic mass is 16.2. The van der Waals surface area contributed by atoms with Gasteiger partial charge in [0.25, 0.3) is 0 Å². The number of hydrogen-bond donors (Lipinski definition) is 0. The zero-order chi connectivity index (χ0) is 14.2. The van der Waals surface area contributed by atoms with E-state index in [0.717, 1.165) is 42.3 Å². The van der Waals surface area contributed by atoms with Crippen molar-refractivity contribution in [3.8, 4) is 0 Å². The second kappa shape index (κ2) is 4.74. The number of carbonyl (C=O) groups excluding carboxylic acids is 1. The van der Waals surface area contributed by atoms with Gasteiger partial charge in [-0.2, -0.15) is 0 Å². The summed E-state index contributed by atoms with van der Waals surface area (Å²) in [5.74, 6) is 0.814. The number of hydrogen-bond acceptors (Lipinski definition) is 2. The molecule has 4 rings (SSSR count). The number of amidine groups is 1. The van der Waals surface area contributed by atoms with Gasteiger partial charge in [-0.25, -0.2) is 4.79 Å². The van der Waals surface area contributed by atoms with Gasteiger partial charge in [-0.05, 0) is 30.7 Å². The lowest BCUT2D eigenvalue weighted by Gasteiger charge is -2.39. The number of carbonyl (C=O) groups is 1. The molecular weight excluding hydrogens is 262 g/mol. The maximum absolute atomic E-state index is 12.9. The van der Waals surface area contributed by atoms with E-state index in [0.29, 0.717) is 0 Å².